The zero-order valence-electron chi connectivity index (χ0n) is 24.1. The quantitative estimate of drug-likeness (QED) is 0.226. The maximum Gasteiger partial charge on any atom is 0.434 e. The molecule has 0 bridgehead atoms. The van der Waals surface area contributed by atoms with Crippen molar-refractivity contribution in [1.82, 2.24) is 24.8 Å². The van der Waals surface area contributed by atoms with Crippen molar-refractivity contribution in [3.63, 3.8) is 0 Å². The highest BCUT2D eigenvalue weighted by molar-refractivity contribution is 7.13. The van der Waals surface area contributed by atoms with Gasteiger partial charge in [0.2, 0.25) is 5.43 Å². The lowest BCUT2D eigenvalue weighted by molar-refractivity contribution is -0.140. The molecule has 4 heterocycles. The molecule has 3 aromatic heterocycles. The van der Waals surface area contributed by atoms with Crippen LogP contribution in [0.3, 0.4) is 0 Å². The van der Waals surface area contributed by atoms with Gasteiger partial charge in [-0.15, -0.1) is 11.3 Å². The summed E-state index contributed by atoms with van der Waals surface area (Å²) >= 11 is 0.778. The lowest BCUT2D eigenvalue weighted by Gasteiger charge is -2.32. The van der Waals surface area contributed by atoms with Crippen LogP contribution in [0.4, 0.5) is 23.8 Å². The smallest absolute Gasteiger partial charge is 0.434 e. The van der Waals surface area contributed by atoms with E-state index in [0.717, 1.165) is 49.2 Å². The van der Waals surface area contributed by atoms with Crippen LogP contribution < -0.4 is 16.1 Å². The monoisotopic (exact) mass is 628 g/mol. The molecule has 1 aliphatic heterocycles. The van der Waals surface area contributed by atoms with E-state index in [1.807, 2.05) is 4.57 Å². The summed E-state index contributed by atoms with van der Waals surface area (Å²) < 4.78 is 42.1. The Bertz CT molecular complexity index is 1770. The molecule has 232 valence electrons. The van der Waals surface area contributed by atoms with Gasteiger partial charge in [0.15, 0.2) is 5.69 Å². The minimum atomic E-state index is -4.65. The molecule has 1 aromatic carbocycles. The van der Waals surface area contributed by atoms with Crippen LogP contribution in [0, 0.1) is 5.92 Å². The number of carbonyl (C=O) groups is 2. The molecule has 1 aliphatic rings. The van der Waals surface area contributed by atoms with E-state index in [0.29, 0.717) is 29.7 Å². The molecule has 5 rings (SSSR count). The van der Waals surface area contributed by atoms with Gasteiger partial charge in [0.1, 0.15) is 16.4 Å². The average Bonchev–Trinajstić information content (AvgIpc) is 3.50. The third-order valence-corrected chi connectivity index (χ3v) is 8.51. The SMILES string of the molecule is CCNC(=O)Nc1cc(-c2nc(C(F)(F)F)cs2)c(-c2ccc3c(c2)c(=O)c(C(=O)O)cn3C[C@@H]2CCCN(CC)C2)cn1. The fourth-order valence-corrected chi connectivity index (χ4v) is 6.37. The number of amides is 2. The number of hydrogen-bond acceptors (Lipinski definition) is 7. The number of hydrogen-bond donors (Lipinski definition) is 3. The van der Waals surface area contributed by atoms with Crippen LogP contribution in [0.25, 0.3) is 32.6 Å². The number of aromatic carboxylic acids is 1. The number of pyridine rings is 2. The Balaban J connectivity index is 1.63. The van der Waals surface area contributed by atoms with Gasteiger partial charge in [-0.2, -0.15) is 13.2 Å². The van der Waals surface area contributed by atoms with Gasteiger partial charge < -0.3 is 19.9 Å². The Labute approximate surface area is 254 Å². The number of carboxylic acids is 1. The van der Waals surface area contributed by atoms with E-state index in [-0.39, 0.29) is 33.3 Å². The fraction of sp³-hybridized carbons (Fsp3) is 0.367. The number of nitrogens with one attached hydrogen (secondary N) is 2. The predicted molar refractivity (Wildman–Crippen MR) is 162 cm³/mol. The average molecular weight is 629 g/mol. The van der Waals surface area contributed by atoms with Crippen molar-refractivity contribution in [2.75, 3.05) is 31.5 Å². The summed E-state index contributed by atoms with van der Waals surface area (Å²) in [6.07, 6.45) is 0.121. The van der Waals surface area contributed by atoms with Crippen LogP contribution in [0.5, 0.6) is 0 Å². The molecular weight excluding hydrogens is 597 g/mol. The number of urea groups is 1. The van der Waals surface area contributed by atoms with E-state index in [1.54, 1.807) is 19.1 Å². The lowest BCUT2D eigenvalue weighted by atomic mass is 9.96. The number of carboxylic acid groups (broad SMARTS) is 1. The minimum Gasteiger partial charge on any atom is -0.477 e. The third-order valence-electron chi connectivity index (χ3n) is 7.63. The van der Waals surface area contributed by atoms with Crippen molar-refractivity contribution in [2.45, 2.75) is 39.4 Å². The molecule has 2 amide bonds. The first-order valence-corrected chi connectivity index (χ1v) is 15.1. The summed E-state index contributed by atoms with van der Waals surface area (Å²) in [7, 11) is 0. The van der Waals surface area contributed by atoms with Gasteiger partial charge in [-0.25, -0.2) is 19.6 Å². The summed E-state index contributed by atoms with van der Waals surface area (Å²) in [5.41, 5.74) is -0.508. The molecule has 1 fully saturated rings. The Morgan fingerprint density at radius 2 is 1.98 bits per heavy atom. The second-order valence-electron chi connectivity index (χ2n) is 10.6. The summed E-state index contributed by atoms with van der Waals surface area (Å²) in [6.45, 7) is 7.50. The topological polar surface area (TPSA) is 129 Å². The number of nitrogens with zero attached hydrogens (tertiary/aromatic N) is 4. The number of thiazole rings is 1. The van der Waals surface area contributed by atoms with Crippen LogP contribution in [0.2, 0.25) is 0 Å². The number of piperidine rings is 1. The van der Waals surface area contributed by atoms with Crippen molar-refractivity contribution in [2.24, 2.45) is 5.92 Å². The molecule has 1 saturated heterocycles. The van der Waals surface area contributed by atoms with E-state index >= 15 is 0 Å². The van der Waals surface area contributed by atoms with Crippen LogP contribution >= 0.6 is 11.3 Å². The molecule has 0 unspecified atom stereocenters. The van der Waals surface area contributed by atoms with Gasteiger partial charge in [-0.3, -0.25) is 10.1 Å². The second-order valence-corrected chi connectivity index (χ2v) is 11.5. The number of alkyl halides is 3. The summed E-state index contributed by atoms with van der Waals surface area (Å²) in [5.74, 6) is -0.993. The lowest BCUT2D eigenvalue weighted by Crippen LogP contribution is -2.37. The van der Waals surface area contributed by atoms with Gasteiger partial charge in [0.25, 0.3) is 0 Å². The van der Waals surface area contributed by atoms with Crippen molar-refractivity contribution >= 4 is 40.1 Å². The van der Waals surface area contributed by atoms with Crippen LogP contribution in [-0.2, 0) is 12.7 Å². The fourth-order valence-electron chi connectivity index (χ4n) is 5.51. The van der Waals surface area contributed by atoms with Gasteiger partial charge in [-0.05, 0) is 62.5 Å². The zero-order chi connectivity index (χ0) is 31.6. The standard InChI is InChI=1S/C30H31F3N6O4S/c1-3-34-29(43)37-25-11-19(27-36-24(16-44-27)30(31,32)33)21(12-35-25)18-7-8-23-20(10-18)26(40)22(28(41)42)15-39(23)14-17-6-5-9-38(4-2)13-17/h7-8,10-12,15-17H,3-6,9,13-14H2,1-2H3,(H,41,42)(H2,34,35,37,43)/t17-/m1/s1. The number of fused-ring (bicyclic) bond motifs is 1. The first kappa shape index (κ1) is 31.1. The highest BCUT2D eigenvalue weighted by atomic mass is 32.1. The highest BCUT2D eigenvalue weighted by Crippen LogP contribution is 2.39. The van der Waals surface area contributed by atoms with Crippen LogP contribution in [0.1, 0.15) is 42.7 Å². The Morgan fingerprint density at radius 3 is 2.66 bits per heavy atom. The summed E-state index contributed by atoms with van der Waals surface area (Å²) in [4.78, 5) is 48.0. The van der Waals surface area contributed by atoms with E-state index in [9.17, 15) is 32.7 Å². The molecule has 44 heavy (non-hydrogen) atoms. The molecule has 14 heteroatoms. The number of aromatic nitrogens is 3. The first-order chi connectivity index (χ1) is 21.0. The molecule has 0 saturated carbocycles. The van der Waals surface area contributed by atoms with E-state index in [1.165, 1.54) is 24.5 Å². The summed E-state index contributed by atoms with van der Waals surface area (Å²) in [5, 5.41) is 16.1. The number of halogens is 3. The first-order valence-electron chi connectivity index (χ1n) is 14.2. The summed E-state index contributed by atoms with van der Waals surface area (Å²) in [6, 6.07) is 5.85. The number of carbonyl (C=O) groups excluding carboxylic acids is 1. The molecule has 4 aromatic rings. The highest BCUT2D eigenvalue weighted by Gasteiger charge is 2.34. The van der Waals surface area contributed by atoms with Gasteiger partial charge >= 0.3 is 18.2 Å². The predicted octanol–water partition coefficient (Wildman–Crippen LogP) is 5.78. The molecule has 3 N–H and O–H groups in total. The minimum absolute atomic E-state index is 0.0308. The largest absolute Gasteiger partial charge is 0.477 e. The van der Waals surface area contributed by atoms with Crippen molar-refractivity contribution in [1.29, 1.82) is 0 Å². The Morgan fingerprint density at radius 1 is 1.18 bits per heavy atom. The van der Waals surface area contributed by atoms with Gasteiger partial charge in [0, 0.05) is 53.9 Å². The molecule has 0 aliphatic carbocycles. The van der Waals surface area contributed by atoms with E-state index < -0.39 is 29.3 Å². The molecule has 0 radical (unpaired) electrons. The van der Waals surface area contributed by atoms with E-state index in [4.69, 9.17) is 0 Å². The second kappa shape index (κ2) is 12.7. The van der Waals surface area contributed by atoms with Crippen LogP contribution in [0.15, 0.2) is 46.8 Å². The van der Waals surface area contributed by atoms with Gasteiger partial charge in [0.05, 0.1) is 5.52 Å². The third kappa shape index (κ3) is 6.60. The maximum absolute atomic E-state index is 13.4. The molecular formula is C30H31F3N6O4S. The van der Waals surface area contributed by atoms with E-state index in [2.05, 4.69) is 32.4 Å². The molecule has 10 nitrogen and oxygen atoms in total. The molecule has 0 spiro atoms. The van der Waals surface area contributed by atoms with Crippen molar-refractivity contribution in [3.05, 3.63) is 63.5 Å². The number of likely N-dealkylation sites (tertiary alicyclic amines) is 1. The Kier molecular flexibility index (Phi) is 9.02. The Hall–Kier alpha value is -4.30. The van der Waals surface area contributed by atoms with Crippen LogP contribution in [-0.4, -0.2) is 62.7 Å². The number of anilines is 1. The normalized spacial score (nSPS) is 15.8. The van der Waals surface area contributed by atoms with Crippen molar-refractivity contribution in [3.8, 4) is 21.7 Å². The van der Waals surface area contributed by atoms with Gasteiger partial charge in [-0.1, -0.05) is 13.0 Å². The number of rotatable bonds is 8. The van der Waals surface area contributed by atoms with Crippen molar-refractivity contribution < 1.29 is 27.9 Å². The molecule has 1 atom stereocenters. The maximum atomic E-state index is 13.4. The zero-order valence-corrected chi connectivity index (χ0v) is 24.9. The number of benzene rings is 1.